The van der Waals surface area contributed by atoms with E-state index < -0.39 is 4.92 Å². The first-order valence-electron chi connectivity index (χ1n) is 6.21. The van der Waals surface area contributed by atoms with Crippen molar-refractivity contribution in [2.24, 2.45) is 0 Å². The molecule has 0 saturated carbocycles. The van der Waals surface area contributed by atoms with Gasteiger partial charge in [0.15, 0.2) is 0 Å². The van der Waals surface area contributed by atoms with Gasteiger partial charge in [0.2, 0.25) is 0 Å². The number of anilines is 2. The van der Waals surface area contributed by atoms with Gasteiger partial charge in [0, 0.05) is 42.9 Å². The number of amides is 1. The molecule has 0 spiro atoms. The minimum absolute atomic E-state index is 0.0113. The van der Waals surface area contributed by atoms with E-state index in [1.54, 1.807) is 26.2 Å². The number of hydrogen-bond acceptors (Lipinski definition) is 5. The third-order valence-electron chi connectivity index (χ3n) is 3.00. The highest BCUT2D eigenvalue weighted by Crippen LogP contribution is 2.22. The number of hydrogen-bond donors (Lipinski definition) is 2. The summed E-state index contributed by atoms with van der Waals surface area (Å²) in [5, 5.41) is 16.3. The van der Waals surface area contributed by atoms with Gasteiger partial charge in [0.05, 0.1) is 10.5 Å². The number of nitro benzene ring substituents is 1. The van der Waals surface area contributed by atoms with Crippen molar-refractivity contribution < 1.29 is 9.72 Å². The van der Waals surface area contributed by atoms with Crippen LogP contribution in [0, 0.1) is 17.0 Å². The summed E-state index contributed by atoms with van der Waals surface area (Å²) in [4.78, 5) is 26.4. The van der Waals surface area contributed by atoms with Crippen molar-refractivity contribution in [2.45, 2.75) is 6.92 Å². The van der Waals surface area contributed by atoms with Gasteiger partial charge in [0.25, 0.3) is 11.6 Å². The Bertz CT molecular complexity index is 700. The number of non-ortho nitro benzene ring substituents is 1. The number of aryl methyl sites for hydroxylation is 1. The third-order valence-corrected chi connectivity index (χ3v) is 3.00. The zero-order chi connectivity index (χ0) is 15.4. The van der Waals surface area contributed by atoms with Crippen molar-refractivity contribution in [1.29, 1.82) is 0 Å². The van der Waals surface area contributed by atoms with Crippen LogP contribution < -0.4 is 10.6 Å². The standard InChI is InChI=1S/C14H14N4O3/c1-9-7-10(18(20)21)3-4-12(9)17-14(19)11-8-16-6-5-13(11)15-2/h3-8H,1-2H3,(H,15,16)(H,17,19). The molecule has 2 aromatic rings. The lowest BCUT2D eigenvalue weighted by Crippen LogP contribution is -2.15. The van der Waals surface area contributed by atoms with E-state index in [1.807, 2.05) is 0 Å². The maximum Gasteiger partial charge on any atom is 0.269 e. The minimum atomic E-state index is -0.473. The summed E-state index contributed by atoms with van der Waals surface area (Å²) in [7, 11) is 1.71. The van der Waals surface area contributed by atoms with Crippen molar-refractivity contribution in [3.8, 4) is 0 Å². The van der Waals surface area contributed by atoms with E-state index in [0.29, 0.717) is 22.5 Å². The molecule has 0 bridgehead atoms. The predicted molar refractivity (Wildman–Crippen MR) is 79.6 cm³/mol. The van der Waals surface area contributed by atoms with Gasteiger partial charge in [-0.3, -0.25) is 19.9 Å². The number of pyridine rings is 1. The highest BCUT2D eigenvalue weighted by molar-refractivity contribution is 6.08. The monoisotopic (exact) mass is 286 g/mol. The predicted octanol–water partition coefficient (Wildman–Crippen LogP) is 2.59. The Kier molecular flexibility index (Phi) is 4.13. The normalized spacial score (nSPS) is 10.0. The molecule has 2 N–H and O–H groups in total. The molecule has 0 unspecified atom stereocenters. The fourth-order valence-electron chi connectivity index (χ4n) is 1.88. The molecular formula is C14H14N4O3. The summed E-state index contributed by atoms with van der Waals surface area (Å²) in [6.07, 6.45) is 3.04. The van der Waals surface area contributed by atoms with Crippen LogP contribution in [0.15, 0.2) is 36.7 Å². The van der Waals surface area contributed by atoms with Gasteiger partial charge in [-0.25, -0.2) is 0 Å². The fraction of sp³-hybridized carbons (Fsp3) is 0.143. The van der Waals surface area contributed by atoms with E-state index in [9.17, 15) is 14.9 Å². The molecule has 0 radical (unpaired) electrons. The van der Waals surface area contributed by atoms with E-state index in [1.165, 1.54) is 24.4 Å². The molecule has 7 heteroatoms. The van der Waals surface area contributed by atoms with E-state index in [4.69, 9.17) is 0 Å². The van der Waals surface area contributed by atoms with E-state index in [2.05, 4.69) is 15.6 Å². The Morgan fingerprint density at radius 1 is 1.29 bits per heavy atom. The summed E-state index contributed by atoms with van der Waals surface area (Å²) >= 11 is 0. The number of benzene rings is 1. The Hall–Kier alpha value is -2.96. The van der Waals surface area contributed by atoms with Crippen molar-refractivity contribution in [1.82, 2.24) is 4.98 Å². The molecule has 108 valence electrons. The van der Waals surface area contributed by atoms with Crippen molar-refractivity contribution in [3.05, 3.63) is 57.9 Å². The van der Waals surface area contributed by atoms with E-state index >= 15 is 0 Å². The molecule has 1 amide bonds. The average Bonchev–Trinajstić information content (AvgIpc) is 2.48. The SMILES string of the molecule is CNc1ccncc1C(=O)Nc1ccc([N+](=O)[O-])cc1C. The van der Waals surface area contributed by atoms with Gasteiger partial charge in [-0.2, -0.15) is 0 Å². The van der Waals surface area contributed by atoms with Crippen LogP contribution in [-0.2, 0) is 0 Å². The van der Waals surface area contributed by atoms with E-state index in [-0.39, 0.29) is 11.6 Å². The van der Waals surface area contributed by atoms with E-state index in [0.717, 1.165) is 0 Å². The zero-order valence-corrected chi connectivity index (χ0v) is 11.6. The number of aromatic nitrogens is 1. The Balaban J connectivity index is 2.26. The maximum atomic E-state index is 12.2. The largest absolute Gasteiger partial charge is 0.387 e. The second-order valence-corrected chi connectivity index (χ2v) is 4.38. The molecule has 1 aromatic carbocycles. The number of nitro groups is 1. The fourth-order valence-corrected chi connectivity index (χ4v) is 1.88. The molecule has 7 nitrogen and oxygen atoms in total. The van der Waals surface area contributed by atoms with Crippen LogP contribution in [0.5, 0.6) is 0 Å². The summed E-state index contributed by atoms with van der Waals surface area (Å²) in [6.45, 7) is 1.70. The quantitative estimate of drug-likeness (QED) is 0.665. The number of nitrogens with one attached hydrogen (secondary N) is 2. The van der Waals surface area contributed by atoms with Gasteiger partial charge < -0.3 is 10.6 Å². The minimum Gasteiger partial charge on any atom is -0.387 e. The van der Waals surface area contributed by atoms with Crippen molar-refractivity contribution >= 4 is 23.0 Å². The second kappa shape index (κ2) is 6.00. The zero-order valence-electron chi connectivity index (χ0n) is 11.6. The van der Waals surface area contributed by atoms with Crippen molar-refractivity contribution in [2.75, 3.05) is 17.7 Å². The van der Waals surface area contributed by atoms with Crippen LogP contribution >= 0.6 is 0 Å². The number of carbonyl (C=O) groups is 1. The summed E-state index contributed by atoms with van der Waals surface area (Å²) in [6, 6.07) is 5.97. The van der Waals surface area contributed by atoms with Gasteiger partial charge in [-0.15, -0.1) is 0 Å². The van der Waals surface area contributed by atoms with Crippen LogP contribution in [0.4, 0.5) is 17.1 Å². The van der Waals surface area contributed by atoms with Crippen molar-refractivity contribution in [3.63, 3.8) is 0 Å². The number of nitrogens with zero attached hydrogens (tertiary/aromatic N) is 2. The average molecular weight is 286 g/mol. The van der Waals surface area contributed by atoms with Crippen LogP contribution in [0.25, 0.3) is 0 Å². The highest BCUT2D eigenvalue weighted by Gasteiger charge is 2.14. The topological polar surface area (TPSA) is 97.2 Å². The van der Waals surface area contributed by atoms with Crippen LogP contribution in [0.3, 0.4) is 0 Å². The first-order valence-corrected chi connectivity index (χ1v) is 6.21. The Morgan fingerprint density at radius 3 is 2.67 bits per heavy atom. The molecule has 0 saturated heterocycles. The van der Waals surface area contributed by atoms with Crippen LogP contribution in [0.1, 0.15) is 15.9 Å². The Labute approximate surface area is 121 Å². The van der Waals surface area contributed by atoms with Gasteiger partial charge >= 0.3 is 0 Å². The lowest BCUT2D eigenvalue weighted by atomic mass is 10.1. The first kappa shape index (κ1) is 14.4. The molecule has 1 aromatic heterocycles. The Morgan fingerprint density at radius 2 is 2.05 bits per heavy atom. The summed E-state index contributed by atoms with van der Waals surface area (Å²) in [5.74, 6) is -0.329. The number of carbonyl (C=O) groups excluding carboxylic acids is 1. The lowest BCUT2D eigenvalue weighted by molar-refractivity contribution is -0.384. The molecule has 0 atom stereocenters. The summed E-state index contributed by atoms with van der Waals surface area (Å²) in [5.41, 5.74) is 2.19. The lowest BCUT2D eigenvalue weighted by Gasteiger charge is -2.10. The van der Waals surface area contributed by atoms with Gasteiger partial charge in [-0.05, 0) is 24.6 Å². The molecular weight excluding hydrogens is 272 g/mol. The molecule has 0 fully saturated rings. The van der Waals surface area contributed by atoms with Crippen LogP contribution in [0.2, 0.25) is 0 Å². The second-order valence-electron chi connectivity index (χ2n) is 4.38. The maximum absolute atomic E-state index is 12.2. The van der Waals surface area contributed by atoms with Crippen LogP contribution in [-0.4, -0.2) is 22.9 Å². The molecule has 21 heavy (non-hydrogen) atoms. The molecule has 0 aliphatic carbocycles. The molecule has 0 aliphatic rings. The molecule has 2 rings (SSSR count). The van der Waals surface area contributed by atoms with Gasteiger partial charge in [0.1, 0.15) is 0 Å². The first-order chi connectivity index (χ1) is 10.0. The third kappa shape index (κ3) is 3.14. The highest BCUT2D eigenvalue weighted by atomic mass is 16.6. The van der Waals surface area contributed by atoms with Gasteiger partial charge in [-0.1, -0.05) is 0 Å². The molecule has 1 heterocycles. The summed E-state index contributed by atoms with van der Waals surface area (Å²) < 4.78 is 0. The number of rotatable bonds is 4. The molecule has 0 aliphatic heterocycles. The smallest absolute Gasteiger partial charge is 0.269 e.